The molecule has 68 valence electrons. The molecule has 1 saturated carbocycles. The third-order valence-electron chi connectivity index (χ3n) is 2.69. The molecule has 0 amide bonds. The maximum Gasteiger partial charge on any atom is 0.329 e. The maximum absolute atomic E-state index is 10.1. The zero-order valence-corrected chi connectivity index (χ0v) is 7.45. The molecule has 1 fully saturated rings. The zero-order valence-electron chi connectivity index (χ0n) is 7.45. The third kappa shape index (κ3) is 2.00. The van der Waals surface area contributed by atoms with Crippen molar-refractivity contribution >= 4 is 5.97 Å². The van der Waals surface area contributed by atoms with E-state index in [-0.39, 0.29) is 0 Å². The summed E-state index contributed by atoms with van der Waals surface area (Å²) in [6.07, 6.45) is 3.80. The van der Waals surface area contributed by atoms with E-state index in [4.69, 9.17) is 5.11 Å². The number of carbonyl (C=O) groups is 1. The summed E-state index contributed by atoms with van der Waals surface area (Å²) in [6.45, 7) is 4.39. The first-order chi connectivity index (χ1) is 5.61. The molecular formula is C9H15NO2. The van der Waals surface area contributed by atoms with Gasteiger partial charge in [-0.15, -0.1) is 0 Å². The predicted octanol–water partition coefficient (Wildman–Crippen LogP) is 1.22. The Labute approximate surface area is 72.5 Å². The first-order valence-corrected chi connectivity index (χ1v) is 4.26. The molecule has 1 aliphatic carbocycles. The van der Waals surface area contributed by atoms with Gasteiger partial charge in [0.2, 0.25) is 0 Å². The second-order valence-electron chi connectivity index (χ2n) is 3.52. The molecule has 3 heteroatoms. The lowest BCUT2D eigenvalue weighted by Gasteiger charge is -2.40. The molecule has 0 bridgehead atoms. The molecule has 0 spiro atoms. The van der Waals surface area contributed by atoms with Gasteiger partial charge in [0.25, 0.3) is 0 Å². The lowest BCUT2D eigenvalue weighted by Crippen LogP contribution is -2.45. The van der Waals surface area contributed by atoms with Crippen LogP contribution in [0.3, 0.4) is 0 Å². The van der Waals surface area contributed by atoms with Gasteiger partial charge in [0.05, 0.1) is 0 Å². The molecule has 0 heterocycles. The zero-order chi connectivity index (χ0) is 9.14. The molecular weight excluding hydrogens is 154 g/mol. The van der Waals surface area contributed by atoms with Gasteiger partial charge in [-0.1, -0.05) is 13.8 Å². The van der Waals surface area contributed by atoms with E-state index in [2.05, 4.69) is 19.2 Å². The van der Waals surface area contributed by atoms with E-state index in [1.54, 1.807) is 0 Å². The fraction of sp³-hybridized carbons (Fsp3) is 0.667. The Bertz CT molecular complexity index is 201. The molecule has 2 N–H and O–H groups in total. The van der Waals surface area contributed by atoms with Crippen molar-refractivity contribution in [1.82, 2.24) is 5.32 Å². The van der Waals surface area contributed by atoms with Crippen LogP contribution in [0.2, 0.25) is 0 Å². The minimum absolute atomic E-state index is 0.468. The maximum atomic E-state index is 10.1. The third-order valence-corrected chi connectivity index (χ3v) is 2.69. The lowest BCUT2D eigenvalue weighted by molar-refractivity contribution is -0.131. The van der Waals surface area contributed by atoms with Gasteiger partial charge in [0.15, 0.2) is 0 Å². The van der Waals surface area contributed by atoms with Gasteiger partial charge >= 0.3 is 5.97 Å². The van der Waals surface area contributed by atoms with E-state index >= 15 is 0 Å². The van der Waals surface area contributed by atoms with Crippen LogP contribution in [0.4, 0.5) is 0 Å². The summed E-state index contributed by atoms with van der Waals surface area (Å²) >= 11 is 0. The van der Waals surface area contributed by atoms with Crippen molar-refractivity contribution in [1.29, 1.82) is 0 Å². The fourth-order valence-corrected chi connectivity index (χ4v) is 1.49. The number of nitrogens with one attached hydrogen (secondary N) is 1. The Kier molecular flexibility index (Phi) is 2.74. The van der Waals surface area contributed by atoms with Gasteiger partial charge in [-0.3, -0.25) is 0 Å². The summed E-state index contributed by atoms with van der Waals surface area (Å²) in [5, 5.41) is 11.4. The average molecular weight is 169 g/mol. The highest BCUT2D eigenvalue weighted by molar-refractivity contribution is 5.79. The fourth-order valence-electron chi connectivity index (χ4n) is 1.49. The number of carboxylic acid groups (broad SMARTS) is 1. The number of carboxylic acids is 1. The monoisotopic (exact) mass is 169 g/mol. The minimum atomic E-state index is -0.900. The van der Waals surface area contributed by atoms with E-state index in [1.165, 1.54) is 6.20 Å². The predicted molar refractivity (Wildman–Crippen MR) is 46.6 cm³/mol. The van der Waals surface area contributed by atoms with Crippen LogP contribution in [0.5, 0.6) is 0 Å². The number of hydrogen-bond donors (Lipinski definition) is 2. The summed E-state index contributed by atoms with van der Waals surface area (Å²) in [4.78, 5) is 10.1. The van der Waals surface area contributed by atoms with Crippen molar-refractivity contribution in [3.63, 3.8) is 0 Å². The number of rotatable bonds is 3. The van der Waals surface area contributed by atoms with Crippen LogP contribution < -0.4 is 5.32 Å². The SMILES string of the molecule is CC1CC(N/C=C/C(=O)O)C1C. The van der Waals surface area contributed by atoms with Gasteiger partial charge in [0.1, 0.15) is 0 Å². The molecule has 1 aliphatic rings. The quantitative estimate of drug-likeness (QED) is 0.624. The second-order valence-corrected chi connectivity index (χ2v) is 3.52. The molecule has 0 aliphatic heterocycles. The average Bonchev–Trinajstić information content (AvgIpc) is 2.02. The highest BCUT2D eigenvalue weighted by Crippen LogP contribution is 2.33. The van der Waals surface area contributed by atoms with Gasteiger partial charge in [-0.25, -0.2) is 4.79 Å². The Balaban J connectivity index is 2.21. The van der Waals surface area contributed by atoms with Crippen molar-refractivity contribution in [2.24, 2.45) is 11.8 Å². The number of aliphatic carboxylic acids is 1. The largest absolute Gasteiger partial charge is 0.478 e. The van der Waals surface area contributed by atoms with Crippen molar-refractivity contribution < 1.29 is 9.90 Å². The highest BCUT2D eigenvalue weighted by atomic mass is 16.4. The second kappa shape index (κ2) is 3.61. The van der Waals surface area contributed by atoms with Crippen LogP contribution in [-0.4, -0.2) is 17.1 Å². The lowest BCUT2D eigenvalue weighted by atomic mass is 9.71. The summed E-state index contributed by atoms with van der Waals surface area (Å²) in [6, 6.07) is 0.468. The standard InChI is InChI=1S/C9H15NO2/c1-6-5-8(7(6)2)10-4-3-9(11)12/h3-4,6-8,10H,5H2,1-2H3,(H,11,12)/b4-3+. The highest BCUT2D eigenvalue weighted by Gasteiger charge is 2.33. The summed E-state index contributed by atoms with van der Waals surface area (Å²) < 4.78 is 0. The van der Waals surface area contributed by atoms with Gasteiger partial charge in [-0.2, -0.15) is 0 Å². The van der Waals surface area contributed by atoms with Gasteiger partial charge < -0.3 is 10.4 Å². The van der Waals surface area contributed by atoms with Crippen molar-refractivity contribution in [2.75, 3.05) is 0 Å². The molecule has 3 nitrogen and oxygen atoms in total. The molecule has 0 radical (unpaired) electrons. The van der Waals surface area contributed by atoms with Crippen molar-refractivity contribution in [3.05, 3.63) is 12.3 Å². The van der Waals surface area contributed by atoms with Crippen LogP contribution in [0.15, 0.2) is 12.3 Å². The van der Waals surface area contributed by atoms with E-state index in [1.807, 2.05) is 0 Å². The smallest absolute Gasteiger partial charge is 0.329 e. The first-order valence-electron chi connectivity index (χ1n) is 4.26. The van der Waals surface area contributed by atoms with Crippen LogP contribution in [-0.2, 0) is 4.79 Å². The van der Waals surface area contributed by atoms with Crippen LogP contribution in [0, 0.1) is 11.8 Å². The Morgan fingerprint density at radius 2 is 2.25 bits per heavy atom. The molecule has 0 saturated heterocycles. The molecule has 0 aromatic heterocycles. The van der Waals surface area contributed by atoms with Gasteiger partial charge in [-0.05, 0) is 18.3 Å². The summed E-state index contributed by atoms with van der Waals surface area (Å²) in [7, 11) is 0. The first kappa shape index (κ1) is 9.10. The normalized spacial score (nSPS) is 34.7. The van der Waals surface area contributed by atoms with Crippen LogP contribution >= 0.6 is 0 Å². The van der Waals surface area contributed by atoms with E-state index in [9.17, 15) is 4.79 Å². The molecule has 1 rings (SSSR count). The molecule has 12 heavy (non-hydrogen) atoms. The Morgan fingerprint density at radius 3 is 2.67 bits per heavy atom. The number of hydrogen-bond acceptors (Lipinski definition) is 2. The molecule has 3 atom stereocenters. The van der Waals surface area contributed by atoms with Crippen LogP contribution in [0.1, 0.15) is 20.3 Å². The summed E-state index contributed by atoms with van der Waals surface area (Å²) in [5.74, 6) is 0.520. The Hall–Kier alpha value is -0.990. The molecule has 3 unspecified atom stereocenters. The van der Waals surface area contributed by atoms with Gasteiger partial charge in [0, 0.05) is 18.3 Å². The topological polar surface area (TPSA) is 49.3 Å². The Morgan fingerprint density at radius 1 is 1.58 bits per heavy atom. The van der Waals surface area contributed by atoms with E-state index < -0.39 is 5.97 Å². The summed E-state index contributed by atoms with van der Waals surface area (Å²) in [5.41, 5.74) is 0. The van der Waals surface area contributed by atoms with E-state index in [0.29, 0.717) is 12.0 Å². The van der Waals surface area contributed by atoms with E-state index in [0.717, 1.165) is 18.4 Å². The van der Waals surface area contributed by atoms with Crippen LogP contribution in [0.25, 0.3) is 0 Å². The molecule has 0 aromatic rings. The minimum Gasteiger partial charge on any atom is -0.478 e. The van der Waals surface area contributed by atoms with Crippen molar-refractivity contribution in [3.8, 4) is 0 Å². The molecule has 0 aromatic carbocycles. The van der Waals surface area contributed by atoms with Crippen molar-refractivity contribution in [2.45, 2.75) is 26.3 Å².